The molecule has 3 heteroatoms. The normalized spacial score (nSPS) is 44.8. The molecule has 0 heterocycles. The van der Waals surface area contributed by atoms with Gasteiger partial charge in [0.2, 0.25) is 0 Å². The summed E-state index contributed by atoms with van der Waals surface area (Å²) in [7, 11) is 0. The van der Waals surface area contributed by atoms with Crippen LogP contribution in [0.2, 0.25) is 0 Å². The van der Waals surface area contributed by atoms with Crippen LogP contribution in [0.25, 0.3) is 0 Å². The van der Waals surface area contributed by atoms with Gasteiger partial charge in [0, 0.05) is 11.3 Å². The van der Waals surface area contributed by atoms with Crippen LogP contribution in [-0.4, -0.2) is 16.9 Å². The van der Waals surface area contributed by atoms with E-state index in [0.29, 0.717) is 6.42 Å². The number of hydrogen-bond donors (Lipinski definition) is 1. The van der Waals surface area contributed by atoms with Gasteiger partial charge in [-0.15, -0.1) is 0 Å². The topological polar surface area (TPSA) is 54.4 Å². The molecule has 0 aromatic rings. The Morgan fingerprint density at radius 2 is 2.12 bits per heavy atom. The highest BCUT2D eigenvalue weighted by Gasteiger charge is 2.59. The Bertz CT molecular complexity index is 398. The maximum atomic E-state index is 12.4. The van der Waals surface area contributed by atoms with E-state index in [2.05, 4.69) is 6.58 Å². The predicted octanol–water partition coefficient (Wildman–Crippen LogP) is 2.51. The summed E-state index contributed by atoms with van der Waals surface area (Å²) in [5, 5.41) is 9.27. The first-order valence-electron chi connectivity index (χ1n) is 6.21. The van der Waals surface area contributed by atoms with Crippen LogP contribution in [0, 0.1) is 29.1 Å². The Balaban J connectivity index is 2.42. The number of fused-ring (bicyclic) bond motifs is 3. The summed E-state index contributed by atoms with van der Waals surface area (Å²) < 4.78 is 0. The smallest absolute Gasteiger partial charge is 0.306 e. The number of carbonyl (C=O) groups is 2. The Morgan fingerprint density at radius 1 is 1.53 bits per heavy atom. The van der Waals surface area contributed by atoms with Gasteiger partial charge in [-0.1, -0.05) is 26.0 Å². The van der Waals surface area contributed by atoms with E-state index >= 15 is 0 Å². The molecular formula is C14H20O3. The molecule has 3 aliphatic rings. The van der Waals surface area contributed by atoms with Crippen LogP contribution in [-0.2, 0) is 9.59 Å². The van der Waals surface area contributed by atoms with Gasteiger partial charge in [-0.3, -0.25) is 9.59 Å². The second-order valence-electron chi connectivity index (χ2n) is 6.02. The first kappa shape index (κ1) is 12.3. The van der Waals surface area contributed by atoms with Gasteiger partial charge in [-0.25, -0.2) is 0 Å². The zero-order chi connectivity index (χ0) is 13.0. The average molecular weight is 236 g/mol. The number of ketones is 1. The minimum atomic E-state index is -0.749. The van der Waals surface area contributed by atoms with Crippen molar-refractivity contribution in [3.8, 4) is 0 Å². The molecule has 3 saturated carbocycles. The molecule has 3 aliphatic carbocycles. The van der Waals surface area contributed by atoms with Crippen molar-refractivity contribution in [1.29, 1.82) is 0 Å². The van der Waals surface area contributed by atoms with E-state index in [1.165, 1.54) is 0 Å². The molecule has 1 N–H and O–H groups in total. The first-order chi connectivity index (χ1) is 7.79. The maximum absolute atomic E-state index is 12.4. The highest BCUT2D eigenvalue weighted by atomic mass is 16.4. The maximum Gasteiger partial charge on any atom is 0.306 e. The Labute approximate surface area is 102 Å². The van der Waals surface area contributed by atoms with Crippen molar-refractivity contribution in [1.82, 2.24) is 0 Å². The van der Waals surface area contributed by atoms with Crippen LogP contribution in [0.1, 0.15) is 33.6 Å². The van der Waals surface area contributed by atoms with Gasteiger partial charge in [0.05, 0.1) is 5.92 Å². The molecule has 3 fully saturated rings. The molecule has 0 aromatic heterocycles. The van der Waals surface area contributed by atoms with Crippen molar-refractivity contribution in [2.75, 3.05) is 0 Å². The number of carboxylic acid groups (broad SMARTS) is 1. The van der Waals surface area contributed by atoms with Crippen molar-refractivity contribution in [3.05, 3.63) is 12.2 Å². The van der Waals surface area contributed by atoms with Crippen molar-refractivity contribution in [2.24, 2.45) is 29.1 Å². The number of carbonyl (C=O) groups excluding carboxylic acids is 1. The van der Waals surface area contributed by atoms with Gasteiger partial charge < -0.3 is 5.11 Å². The fraction of sp³-hybridized carbons (Fsp3) is 0.714. The quantitative estimate of drug-likeness (QED) is 0.749. The van der Waals surface area contributed by atoms with E-state index in [1.807, 2.05) is 20.8 Å². The molecule has 3 rings (SSSR count). The lowest BCUT2D eigenvalue weighted by molar-refractivity contribution is -0.165. The Hall–Kier alpha value is -1.12. The third kappa shape index (κ3) is 1.55. The number of carboxylic acids is 1. The number of rotatable bonds is 2. The largest absolute Gasteiger partial charge is 0.481 e. The predicted molar refractivity (Wildman–Crippen MR) is 64.4 cm³/mol. The number of Topliss-reactive ketones (excluding diaryl/α,β-unsaturated/α-hetero) is 1. The molecule has 0 radical (unpaired) electrons. The molecule has 17 heavy (non-hydrogen) atoms. The Morgan fingerprint density at radius 3 is 2.59 bits per heavy atom. The van der Waals surface area contributed by atoms with Crippen LogP contribution in [0.15, 0.2) is 12.2 Å². The fourth-order valence-electron chi connectivity index (χ4n) is 4.00. The molecular weight excluding hydrogens is 216 g/mol. The van der Waals surface area contributed by atoms with Crippen molar-refractivity contribution < 1.29 is 14.7 Å². The summed E-state index contributed by atoms with van der Waals surface area (Å²) in [6, 6.07) is 0. The van der Waals surface area contributed by atoms with E-state index in [9.17, 15) is 14.7 Å². The SMILES string of the molecule is C=C(C)[C@@H]1C[C@@H]2[C@H](C)C(=O)[C@@]1(C)C[C@H]2C(=O)O. The lowest BCUT2D eigenvalue weighted by Gasteiger charge is -2.54. The minimum Gasteiger partial charge on any atom is -0.481 e. The molecule has 5 atom stereocenters. The van der Waals surface area contributed by atoms with Crippen LogP contribution in [0.4, 0.5) is 0 Å². The number of allylic oxidation sites excluding steroid dienone is 1. The average Bonchev–Trinajstić information content (AvgIpc) is 2.24. The standard InChI is InChI=1S/C14H20O3/c1-7(2)11-5-9-8(3)12(15)14(11,4)6-10(9)13(16)17/h8-11H,1,5-6H2,2-4H3,(H,16,17)/t8-,9+,10+,11-,14-/m0/s1. The molecule has 0 amide bonds. The zero-order valence-electron chi connectivity index (χ0n) is 10.7. The molecule has 0 saturated heterocycles. The van der Waals surface area contributed by atoms with Crippen LogP contribution < -0.4 is 0 Å². The van der Waals surface area contributed by atoms with E-state index in [0.717, 1.165) is 12.0 Å². The van der Waals surface area contributed by atoms with Gasteiger partial charge in [0.25, 0.3) is 0 Å². The number of hydrogen-bond acceptors (Lipinski definition) is 2. The first-order valence-corrected chi connectivity index (χ1v) is 6.21. The molecule has 3 nitrogen and oxygen atoms in total. The molecule has 0 aliphatic heterocycles. The zero-order valence-corrected chi connectivity index (χ0v) is 10.7. The summed E-state index contributed by atoms with van der Waals surface area (Å²) in [5.41, 5.74) is 0.505. The van der Waals surface area contributed by atoms with E-state index in [4.69, 9.17) is 0 Å². The van der Waals surface area contributed by atoms with Gasteiger partial charge in [0.1, 0.15) is 5.78 Å². The minimum absolute atomic E-state index is 0.0106. The second kappa shape index (κ2) is 3.69. The second-order valence-corrected chi connectivity index (χ2v) is 6.02. The molecule has 94 valence electrons. The van der Waals surface area contributed by atoms with E-state index < -0.39 is 11.4 Å². The lowest BCUT2D eigenvalue weighted by Crippen LogP contribution is -2.57. The summed E-state index contributed by atoms with van der Waals surface area (Å²) >= 11 is 0. The molecule has 0 spiro atoms. The third-order valence-corrected chi connectivity index (χ3v) is 4.97. The van der Waals surface area contributed by atoms with Crippen molar-refractivity contribution in [2.45, 2.75) is 33.6 Å². The molecule has 2 bridgehead atoms. The van der Waals surface area contributed by atoms with Crippen LogP contribution in [0.3, 0.4) is 0 Å². The van der Waals surface area contributed by atoms with Gasteiger partial charge in [-0.05, 0) is 31.6 Å². The fourth-order valence-corrected chi connectivity index (χ4v) is 4.00. The summed E-state index contributed by atoms with van der Waals surface area (Å²) in [6.07, 6.45) is 1.28. The van der Waals surface area contributed by atoms with E-state index in [1.54, 1.807) is 0 Å². The molecule has 0 unspecified atom stereocenters. The van der Waals surface area contributed by atoms with E-state index in [-0.39, 0.29) is 29.5 Å². The van der Waals surface area contributed by atoms with Crippen LogP contribution in [0.5, 0.6) is 0 Å². The van der Waals surface area contributed by atoms with Crippen molar-refractivity contribution >= 4 is 11.8 Å². The summed E-state index contributed by atoms with van der Waals surface area (Å²) in [4.78, 5) is 23.6. The van der Waals surface area contributed by atoms with Gasteiger partial charge >= 0.3 is 5.97 Å². The van der Waals surface area contributed by atoms with Crippen LogP contribution >= 0.6 is 0 Å². The molecule has 0 aromatic carbocycles. The summed E-state index contributed by atoms with van der Waals surface area (Å²) in [6.45, 7) is 9.73. The van der Waals surface area contributed by atoms with Crippen molar-refractivity contribution in [3.63, 3.8) is 0 Å². The highest BCUT2D eigenvalue weighted by molar-refractivity contribution is 5.91. The lowest BCUT2D eigenvalue weighted by atomic mass is 9.47. The van der Waals surface area contributed by atoms with Gasteiger partial charge in [-0.2, -0.15) is 0 Å². The highest BCUT2D eigenvalue weighted by Crippen LogP contribution is 2.58. The summed E-state index contributed by atoms with van der Waals surface area (Å²) in [5.74, 6) is -0.843. The van der Waals surface area contributed by atoms with Gasteiger partial charge in [0.15, 0.2) is 0 Å². The number of aliphatic carboxylic acids is 1. The Kier molecular flexibility index (Phi) is 2.68. The third-order valence-electron chi connectivity index (χ3n) is 4.97. The monoisotopic (exact) mass is 236 g/mol.